The van der Waals surface area contributed by atoms with Gasteiger partial charge in [0.1, 0.15) is 6.04 Å². The molecule has 7 heteroatoms. The highest BCUT2D eigenvalue weighted by molar-refractivity contribution is 5.93. The molecule has 0 aromatic carbocycles. The van der Waals surface area contributed by atoms with Crippen molar-refractivity contribution in [3.05, 3.63) is 0 Å². The third-order valence-corrected chi connectivity index (χ3v) is 4.35. The summed E-state index contributed by atoms with van der Waals surface area (Å²) >= 11 is 0. The quantitative estimate of drug-likeness (QED) is 0.269. The SMILES string of the molecule is CC.CC.CC.CC.CNC(C(=O)NC(CC(C)C)C(=O)NC(CCCCN)C(C)=O)C(C)C. The van der Waals surface area contributed by atoms with Gasteiger partial charge in [0, 0.05) is 0 Å². The minimum Gasteiger partial charge on any atom is -0.345 e. The van der Waals surface area contributed by atoms with Gasteiger partial charge in [0.2, 0.25) is 11.8 Å². The minimum absolute atomic E-state index is 0.0831. The summed E-state index contributed by atoms with van der Waals surface area (Å²) in [6.07, 6.45) is 2.66. The number of nitrogens with one attached hydrogen (secondary N) is 3. The van der Waals surface area contributed by atoms with Crippen molar-refractivity contribution in [3.63, 3.8) is 0 Å². The van der Waals surface area contributed by atoms with Crippen molar-refractivity contribution >= 4 is 17.6 Å². The van der Waals surface area contributed by atoms with E-state index in [1.807, 2.05) is 83.1 Å². The molecular formula is C27H62N4O3. The molecule has 5 N–H and O–H groups in total. The lowest BCUT2D eigenvalue weighted by Gasteiger charge is -2.26. The predicted molar refractivity (Wildman–Crippen MR) is 150 cm³/mol. The van der Waals surface area contributed by atoms with E-state index in [2.05, 4.69) is 16.0 Å². The zero-order valence-corrected chi connectivity index (χ0v) is 25.2. The molecular weight excluding hydrogens is 428 g/mol. The lowest BCUT2D eigenvalue weighted by atomic mass is 9.99. The first-order valence-corrected chi connectivity index (χ1v) is 13.6. The van der Waals surface area contributed by atoms with Gasteiger partial charge >= 0.3 is 0 Å². The number of amides is 2. The van der Waals surface area contributed by atoms with Gasteiger partial charge < -0.3 is 21.7 Å². The van der Waals surface area contributed by atoms with E-state index < -0.39 is 12.1 Å². The van der Waals surface area contributed by atoms with Gasteiger partial charge in [-0.15, -0.1) is 0 Å². The Morgan fingerprint density at radius 2 is 1.18 bits per heavy atom. The molecule has 0 spiro atoms. The van der Waals surface area contributed by atoms with Gasteiger partial charge in [0.15, 0.2) is 5.78 Å². The summed E-state index contributed by atoms with van der Waals surface area (Å²) in [7, 11) is 1.73. The molecule has 0 aliphatic carbocycles. The van der Waals surface area contributed by atoms with Crippen LogP contribution in [-0.4, -0.2) is 49.3 Å². The molecule has 0 heterocycles. The predicted octanol–water partition coefficient (Wildman–Crippen LogP) is 5.07. The number of hydrogen-bond donors (Lipinski definition) is 4. The molecule has 0 saturated heterocycles. The third kappa shape index (κ3) is 23.7. The Bertz CT molecular complexity index is 455. The molecule has 2 amide bonds. The lowest BCUT2D eigenvalue weighted by molar-refractivity contribution is -0.132. The summed E-state index contributed by atoms with van der Waals surface area (Å²) in [6, 6.07) is -1.56. The number of carbonyl (C=O) groups excluding carboxylic acids is 3. The second-order valence-corrected chi connectivity index (χ2v) is 7.66. The van der Waals surface area contributed by atoms with Crippen LogP contribution in [-0.2, 0) is 14.4 Å². The Kier molecular flexibility index (Phi) is 39.6. The second-order valence-electron chi connectivity index (χ2n) is 7.66. The van der Waals surface area contributed by atoms with Crippen LogP contribution in [0.3, 0.4) is 0 Å². The first-order chi connectivity index (χ1) is 16.1. The Morgan fingerprint density at radius 3 is 1.50 bits per heavy atom. The van der Waals surface area contributed by atoms with Crippen LogP contribution in [0.1, 0.15) is 116 Å². The summed E-state index contributed by atoms with van der Waals surface area (Å²) in [5.74, 6) is -0.264. The highest BCUT2D eigenvalue weighted by atomic mass is 16.2. The molecule has 0 aliphatic rings. The average molecular weight is 491 g/mol. The number of Topliss-reactive ketones (excluding diaryl/α,β-unsaturated/α-hetero) is 1. The maximum absolute atomic E-state index is 12.7. The van der Waals surface area contributed by atoms with Crippen molar-refractivity contribution in [3.8, 4) is 0 Å². The molecule has 0 aromatic rings. The molecule has 3 atom stereocenters. The Morgan fingerprint density at radius 1 is 0.735 bits per heavy atom. The molecule has 0 saturated carbocycles. The molecule has 34 heavy (non-hydrogen) atoms. The summed E-state index contributed by atoms with van der Waals surface area (Å²) in [4.78, 5) is 37.1. The van der Waals surface area contributed by atoms with Crippen molar-refractivity contribution in [1.82, 2.24) is 16.0 Å². The first-order valence-electron chi connectivity index (χ1n) is 13.6. The van der Waals surface area contributed by atoms with Crippen LogP contribution in [0.4, 0.5) is 0 Å². The van der Waals surface area contributed by atoms with Crippen LogP contribution in [0.25, 0.3) is 0 Å². The van der Waals surface area contributed by atoms with Crippen LogP contribution in [0, 0.1) is 11.8 Å². The summed E-state index contributed by atoms with van der Waals surface area (Å²) in [5, 5.41) is 8.64. The zero-order valence-electron chi connectivity index (χ0n) is 25.2. The summed E-state index contributed by atoms with van der Waals surface area (Å²) in [5.41, 5.74) is 5.49. The fraction of sp³-hybridized carbons (Fsp3) is 0.889. The van der Waals surface area contributed by atoms with Crippen LogP contribution in [0.15, 0.2) is 0 Å². The minimum atomic E-state index is -0.659. The monoisotopic (exact) mass is 490 g/mol. The number of likely N-dealkylation sites (N-methyl/N-ethyl adjacent to an activating group) is 1. The van der Waals surface area contributed by atoms with Crippen LogP contribution < -0.4 is 21.7 Å². The van der Waals surface area contributed by atoms with Gasteiger partial charge in [0.25, 0.3) is 0 Å². The Balaban J connectivity index is -0.000000314. The van der Waals surface area contributed by atoms with E-state index in [1.165, 1.54) is 6.92 Å². The molecule has 3 unspecified atom stereocenters. The summed E-state index contributed by atoms with van der Waals surface area (Å²) in [6.45, 7) is 25.9. The fourth-order valence-corrected chi connectivity index (χ4v) is 2.87. The van der Waals surface area contributed by atoms with Crippen molar-refractivity contribution in [2.24, 2.45) is 17.6 Å². The normalized spacial score (nSPS) is 12.0. The van der Waals surface area contributed by atoms with Gasteiger partial charge in [-0.2, -0.15) is 0 Å². The van der Waals surface area contributed by atoms with Crippen LogP contribution in [0.2, 0.25) is 0 Å². The van der Waals surface area contributed by atoms with Crippen molar-refractivity contribution in [2.45, 2.75) is 134 Å². The van der Waals surface area contributed by atoms with Gasteiger partial charge in [-0.25, -0.2) is 0 Å². The maximum atomic E-state index is 12.7. The van der Waals surface area contributed by atoms with E-state index in [0.29, 0.717) is 19.4 Å². The fourth-order valence-electron chi connectivity index (χ4n) is 2.87. The molecule has 0 radical (unpaired) electrons. The standard InChI is InChI=1S/C19H38N4O3.4C2H6/c1-12(2)11-16(23-19(26)17(21-6)13(3)4)18(25)22-15(14(5)24)9-7-8-10-20;4*1-2/h12-13,15-17,21H,7-11,20H2,1-6H3,(H,22,25)(H,23,26);4*1-2H3. The van der Waals surface area contributed by atoms with Crippen LogP contribution >= 0.6 is 0 Å². The number of rotatable bonds is 13. The van der Waals surface area contributed by atoms with Crippen LogP contribution in [0.5, 0.6) is 0 Å². The van der Waals surface area contributed by atoms with Gasteiger partial charge in [-0.1, -0.05) is 83.1 Å². The Hall–Kier alpha value is -1.47. The highest BCUT2D eigenvalue weighted by Gasteiger charge is 2.28. The lowest BCUT2D eigenvalue weighted by Crippen LogP contribution is -2.55. The van der Waals surface area contributed by atoms with E-state index in [-0.39, 0.29) is 35.5 Å². The van der Waals surface area contributed by atoms with E-state index in [0.717, 1.165) is 12.8 Å². The van der Waals surface area contributed by atoms with Crippen molar-refractivity contribution < 1.29 is 14.4 Å². The van der Waals surface area contributed by atoms with Gasteiger partial charge in [-0.3, -0.25) is 14.4 Å². The van der Waals surface area contributed by atoms with E-state index in [9.17, 15) is 14.4 Å². The number of hydrogen-bond acceptors (Lipinski definition) is 5. The molecule has 0 aliphatic heterocycles. The van der Waals surface area contributed by atoms with Gasteiger partial charge in [0.05, 0.1) is 12.1 Å². The van der Waals surface area contributed by atoms with Crippen molar-refractivity contribution in [1.29, 1.82) is 0 Å². The van der Waals surface area contributed by atoms with E-state index >= 15 is 0 Å². The first kappa shape index (κ1) is 42.7. The van der Waals surface area contributed by atoms with Gasteiger partial charge in [-0.05, 0) is 58.0 Å². The number of unbranched alkanes of at least 4 members (excludes halogenated alkanes) is 1. The second kappa shape index (κ2) is 31.5. The number of nitrogens with two attached hydrogens (primary N) is 1. The average Bonchev–Trinajstić information content (AvgIpc) is 2.83. The Labute approximate surface area is 213 Å². The maximum Gasteiger partial charge on any atom is 0.243 e. The third-order valence-electron chi connectivity index (χ3n) is 4.35. The molecule has 208 valence electrons. The number of carbonyl (C=O) groups is 3. The van der Waals surface area contributed by atoms with E-state index in [1.54, 1.807) is 7.05 Å². The molecule has 0 rings (SSSR count). The smallest absolute Gasteiger partial charge is 0.243 e. The number of ketones is 1. The molecule has 0 bridgehead atoms. The van der Waals surface area contributed by atoms with E-state index in [4.69, 9.17) is 5.73 Å². The zero-order chi connectivity index (χ0) is 28.3. The molecule has 7 nitrogen and oxygen atoms in total. The van der Waals surface area contributed by atoms with Crippen molar-refractivity contribution in [2.75, 3.05) is 13.6 Å². The molecule has 0 aromatic heterocycles. The largest absolute Gasteiger partial charge is 0.345 e. The molecule has 0 fully saturated rings. The highest BCUT2D eigenvalue weighted by Crippen LogP contribution is 2.09. The topological polar surface area (TPSA) is 113 Å². The summed E-state index contributed by atoms with van der Waals surface area (Å²) < 4.78 is 0.